The predicted molar refractivity (Wildman–Crippen MR) is 125 cm³/mol. The van der Waals surface area contributed by atoms with Gasteiger partial charge >= 0.3 is 7.12 Å². The third kappa shape index (κ3) is 5.09. The molecule has 168 valence electrons. The van der Waals surface area contributed by atoms with E-state index in [1.807, 2.05) is 6.07 Å². The fraction of sp³-hybridized carbons (Fsp3) is 0.318. The molecule has 0 saturated heterocycles. The van der Waals surface area contributed by atoms with Gasteiger partial charge < -0.3 is 24.3 Å². The minimum Gasteiger partial charge on any atom is -0.497 e. The SMILES string of the molecule is COc1cc(OC)c2ncnc(N(CC(C)C)/N=C/c3ccc(B(O)O)c(OC)c3)c2c1. The summed E-state index contributed by atoms with van der Waals surface area (Å²) >= 11 is 0. The second-order valence-corrected chi connectivity index (χ2v) is 7.52. The summed E-state index contributed by atoms with van der Waals surface area (Å²) in [7, 11) is 3.03. The van der Waals surface area contributed by atoms with E-state index in [0.29, 0.717) is 41.0 Å². The van der Waals surface area contributed by atoms with E-state index >= 15 is 0 Å². The Hall–Kier alpha value is -3.37. The van der Waals surface area contributed by atoms with E-state index in [-0.39, 0.29) is 5.46 Å². The van der Waals surface area contributed by atoms with E-state index in [4.69, 9.17) is 14.2 Å². The van der Waals surface area contributed by atoms with Crippen molar-refractivity contribution < 1.29 is 24.3 Å². The van der Waals surface area contributed by atoms with Crippen LogP contribution in [0, 0.1) is 5.92 Å². The molecule has 0 unspecified atom stereocenters. The molecule has 32 heavy (non-hydrogen) atoms. The highest BCUT2D eigenvalue weighted by Gasteiger charge is 2.18. The molecule has 0 atom stereocenters. The van der Waals surface area contributed by atoms with Crippen molar-refractivity contribution in [3.05, 3.63) is 42.2 Å². The topological polar surface area (TPSA) is 110 Å². The van der Waals surface area contributed by atoms with Gasteiger partial charge in [-0.2, -0.15) is 5.10 Å². The number of benzene rings is 2. The molecule has 2 aromatic carbocycles. The quantitative estimate of drug-likeness (QED) is 0.296. The van der Waals surface area contributed by atoms with Crippen LogP contribution < -0.4 is 24.7 Å². The zero-order valence-electron chi connectivity index (χ0n) is 18.8. The maximum absolute atomic E-state index is 9.48. The van der Waals surface area contributed by atoms with Gasteiger partial charge in [-0.15, -0.1) is 0 Å². The molecule has 0 aliphatic rings. The van der Waals surface area contributed by atoms with Crippen molar-refractivity contribution in [2.75, 3.05) is 32.9 Å². The molecule has 3 aromatic rings. The average molecular weight is 438 g/mol. The fourth-order valence-corrected chi connectivity index (χ4v) is 3.27. The number of aromatic nitrogens is 2. The maximum Gasteiger partial charge on any atom is 0.492 e. The van der Waals surface area contributed by atoms with E-state index < -0.39 is 7.12 Å². The third-order valence-corrected chi connectivity index (χ3v) is 4.78. The third-order valence-electron chi connectivity index (χ3n) is 4.78. The molecule has 1 heterocycles. The van der Waals surface area contributed by atoms with Gasteiger partial charge in [0.25, 0.3) is 0 Å². The molecule has 2 N–H and O–H groups in total. The first-order valence-electron chi connectivity index (χ1n) is 10.1. The van der Waals surface area contributed by atoms with Gasteiger partial charge in [0.05, 0.1) is 32.9 Å². The summed E-state index contributed by atoms with van der Waals surface area (Å²) in [6.45, 7) is 4.79. The molecular weight excluding hydrogens is 411 g/mol. The summed E-state index contributed by atoms with van der Waals surface area (Å²) in [4.78, 5) is 8.88. The number of rotatable bonds is 9. The first-order chi connectivity index (χ1) is 15.4. The van der Waals surface area contributed by atoms with Crippen molar-refractivity contribution in [3.8, 4) is 17.2 Å². The van der Waals surface area contributed by atoms with Crippen molar-refractivity contribution in [2.24, 2.45) is 11.0 Å². The van der Waals surface area contributed by atoms with E-state index in [9.17, 15) is 10.0 Å². The van der Waals surface area contributed by atoms with Crippen molar-refractivity contribution in [1.29, 1.82) is 0 Å². The molecule has 0 spiro atoms. The molecule has 9 nitrogen and oxygen atoms in total. The molecule has 0 fully saturated rings. The Morgan fingerprint density at radius 2 is 1.78 bits per heavy atom. The van der Waals surface area contributed by atoms with Gasteiger partial charge in [0.1, 0.15) is 29.1 Å². The Morgan fingerprint density at radius 1 is 1.03 bits per heavy atom. The number of hydrogen-bond acceptors (Lipinski definition) is 9. The number of hydrazone groups is 1. The van der Waals surface area contributed by atoms with Crippen LogP contribution in [0.15, 0.2) is 41.8 Å². The van der Waals surface area contributed by atoms with E-state index in [2.05, 4.69) is 28.9 Å². The number of nitrogens with zero attached hydrogens (tertiary/aromatic N) is 4. The largest absolute Gasteiger partial charge is 0.497 e. The molecule has 1 aromatic heterocycles. The van der Waals surface area contributed by atoms with Gasteiger partial charge in [-0.25, -0.2) is 15.0 Å². The maximum atomic E-state index is 9.48. The highest BCUT2D eigenvalue weighted by Crippen LogP contribution is 2.34. The molecule has 0 bridgehead atoms. The smallest absolute Gasteiger partial charge is 0.492 e. The van der Waals surface area contributed by atoms with Gasteiger partial charge in [-0.3, -0.25) is 0 Å². The Bertz CT molecular complexity index is 1110. The van der Waals surface area contributed by atoms with Crippen LogP contribution in [0.4, 0.5) is 5.82 Å². The van der Waals surface area contributed by atoms with E-state index in [1.54, 1.807) is 49.7 Å². The number of anilines is 1. The van der Waals surface area contributed by atoms with Crippen LogP contribution in [0.2, 0.25) is 0 Å². The first kappa shape index (κ1) is 23.3. The molecular formula is C22H27BN4O5. The summed E-state index contributed by atoms with van der Waals surface area (Å²) in [6.07, 6.45) is 3.15. The summed E-state index contributed by atoms with van der Waals surface area (Å²) in [5.74, 6) is 2.49. The monoisotopic (exact) mass is 438 g/mol. The van der Waals surface area contributed by atoms with Gasteiger partial charge in [-0.05, 0) is 23.6 Å². The van der Waals surface area contributed by atoms with Crippen LogP contribution in [-0.4, -0.2) is 61.2 Å². The lowest BCUT2D eigenvalue weighted by Gasteiger charge is -2.22. The molecule has 10 heteroatoms. The van der Waals surface area contributed by atoms with Crippen LogP contribution in [0.3, 0.4) is 0 Å². The number of methoxy groups -OCH3 is 3. The van der Waals surface area contributed by atoms with Crippen molar-refractivity contribution in [2.45, 2.75) is 13.8 Å². The van der Waals surface area contributed by atoms with Gasteiger partial charge in [-0.1, -0.05) is 26.0 Å². The number of hydrogen-bond donors (Lipinski definition) is 2. The number of fused-ring (bicyclic) bond motifs is 1. The van der Waals surface area contributed by atoms with Crippen molar-refractivity contribution in [1.82, 2.24) is 9.97 Å². The second-order valence-electron chi connectivity index (χ2n) is 7.52. The molecule has 0 aliphatic heterocycles. The second kappa shape index (κ2) is 10.3. The average Bonchev–Trinajstić information content (AvgIpc) is 2.79. The lowest BCUT2D eigenvalue weighted by Crippen LogP contribution is -2.31. The lowest BCUT2D eigenvalue weighted by atomic mass is 9.79. The van der Waals surface area contributed by atoms with Gasteiger partial charge in [0.2, 0.25) is 0 Å². The lowest BCUT2D eigenvalue weighted by molar-refractivity contribution is 0.397. The molecule has 0 saturated carbocycles. The van der Waals surface area contributed by atoms with Crippen LogP contribution >= 0.6 is 0 Å². The van der Waals surface area contributed by atoms with Gasteiger partial charge in [0.15, 0.2) is 5.82 Å². The van der Waals surface area contributed by atoms with Crippen LogP contribution in [0.25, 0.3) is 10.9 Å². The molecule has 0 radical (unpaired) electrons. The number of ether oxygens (including phenoxy) is 3. The van der Waals surface area contributed by atoms with Gasteiger partial charge in [0, 0.05) is 18.1 Å². The van der Waals surface area contributed by atoms with Crippen molar-refractivity contribution in [3.63, 3.8) is 0 Å². The van der Waals surface area contributed by atoms with E-state index in [1.165, 1.54) is 13.4 Å². The molecule has 0 amide bonds. The van der Waals surface area contributed by atoms with Crippen LogP contribution in [-0.2, 0) is 0 Å². The molecule has 0 aliphatic carbocycles. The van der Waals surface area contributed by atoms with E-state index in [0.717, 1.165) is 10.9 Å². The highest BCUT2D eigenvalue weighted by atomic mass is 16.5. The van der Waals surface area contributed by atoms with Crippen LogP contribution in [0.1, 0.15) is 19.4 Å². The predicted octanol–water partition coefficient (Wildman–Crippen LogP) is 1.83. The summed E-state index contributed by atoms with van der Waals surface area (Å²) in [6, 6.07) is 8.65. The summed E-state index contributed by atoms with van der Waals surface area (Å²) < 4.78 is 16.2. The summed E-state index contributed by atoms with van der Waals surface area (Å²) in [5, 5.41) is 26.2. The Balaban J connectivity index is 2.07. The Morgan fingerprint density at radius 3 is 2.41 bits per heavy atom. The minimum atomic E-state index is -1.62. The Labute approximate surface area is 187 Å². The highest BCUT2D eigenvalue weighted by molar-refractivity contribution is 6.59. The summed E-state index contributed by atoms with van der Waals surface area (Å²) in [5.41, 5.74) is 1.67. The zero-order valence-corrected chi connectivity index (χ0v) is 18.8. The first-order valence-corrected chi connectivity index (χ1v) is 10.1. The fourth-order valence-electron chi connectivity index (χ4n) is 3.27. The standard InChI is InChI=1S/C22H27BN4O5/c1-14(2)12-27(26-11-15-6-7-18(23(28)29)19(8-15)31-4)22-17-9-16(30-3)10-20(32-5)21(17)24-13-25-22/h6-11,13-14,28-29H,12H2,1-5H3/b26-11+. The Kier molecular flexibility index (Phi) is 7.50. The zero-order chi connectivity index (χ0) is 23.3. The molecule has 3 rings (SSSR count). The van der Waals surface area contributed by atoms with Crippen LogP contribution in [0.5, 0.6) is 17.2 Å². The normalized spacial score (nSPS) is 11.2. The minimum absolute atomic E-state index is 0.282. The van der Waals surface area contributed by atoms with Crippen molar-refractivity contribution >= 4 is 35.5 Å².